The minimum Gasteiger partial charge on any atom is -0.376 e. The summed E-state index contributed by atoms with van der Waals surface area (Å²) in [4.78, 5) is 19.0. The van der Waals surface area contributed by atoms with Crippen molar-refractivity contribution in [2.45, 2.75) is 38.2 Å². The number of hydrogen-bond acceptors (Lipinski definition) is 4. The second-order valence-corrected chi connectivity index (χ2v) is 7.87. The Morgan fingerprint density at radius 3 is 2.61 bits per heavy atom. The first kappa shape index (κ1) is 18.9. The highest BCUT2D eigenvalue weighted by atomic mass is 16.5. The Morgan fingerprint density at radius 1 is 1.11 bits per heavy atom. The topological polar surface area (TPSA) is 54.5 Å². The van der Waals surface area contributed by atoms with E-state index in [0.29, 0.717) is 12.2 Å². The lowest BCUT2D eigenvalue weighted by Gasteiger charge is -2.33. The van der Waals surface area contributed by atoms with E-state index in [9.17, 15) is 4.79 Å². The maximum Gasteiger partial charge on any atom is 0.269 e. The van der Waals surface area contributed by atoms with Crippen LogP contribution in [0.2, 0.25) is 0 Å². The largest absolute Gasteiger partial charge is 0.376 e. The van der Waals surface area contributed by atoms with Crippen molar-refractivity contribution in [2.75, 3.05) is 31.1 Å². The third-order valence-corrected chi connectivity index (χ3v) is 5.84. The van der Waals surface area contributed by atoms with Crippen LogP contribution in [0.1, 0.15) is 41.7 Å². The van der Waals surface area contributed by atoms with E-state index in [2.05, 4.69) is 45.5 Å². The molecule has 2 saturated heterocycles. The molecule has 2 aliphatic heterocycles. The minimum atomic E-state index is -0.122. The molecular formula is C23H29N3O2. The molecule has 1 aromatic heterocycles. The first-order valence-electron chi connectivity index (χ1n) is 10.4. The standard InChI is InChI=1S/C23H29N3O2/c27-23(25-17-21-7-4-14-28-21)22-9-8-20(16-24-22)26-12-10-19(11-13-26)15-18-5-2-1-3-6-18/h1-3,5-6,8-9,16,19,21H,4,7,10-15,17H2,(H,25,27). The van der Waals surface area contributed by atoms with Crippen LogP contribution in [0.5, 0.6) is 0 Å². The highest BCUT2D eigenvalue weighted by molar-refractivity contribution is 5.92. The van der Waals surface area contributed by atoms with Crippen LogP contribution in [0.3, 0.4) is 0 Å². The Labute approximate surface area is 167 Å². The predicted octanol–water partition coefficient (Wildman–Crippen LogP) is 3.45. The highest BCUT2D eigenvalue weighted by Crippen LogP contribution is 2.25. The van der Waals surface area contributed by atoms with Crippen LogP contribution in [0, 0.1) is 5.92 Å². The average molecular weight is 380 g/mol. The van der Waals surface area contributed by atoms with E-state index in [0.717, 1.165) is 50.6 Å². The van der Waals surface area contributed by atoms with Gasteiger partial charge in [-0.3, -0.25) is 4.79 Å². The zero-order chi connectivity index (χ0) is 19.2. The zero-order valence-electron chi connectivity index (χ0n) is 16.3. The van der Waals surface area contributed by atoms with Gasteiger partial charge < -0.3 is 15.0 Å². The molecule has 1 atom stereocenters. The molecule has 0 bridgehead atoms. The Hall–Kier alpha value is -2.40. The number of anilines is 1. The average Bonchev–Trinajstić information content (AvgIpc) is 3.27. The molecule has 0 spiro atoms. The molecule has 4 rings (SSSR count). The summed E-state index contributed by atoms with van der Waals surface area (Å²) in [5.41, 5.74) is 3.01. The van der Waals surface area contributed by atoms with Crippen LogP contribution in [0.15, 0.2) is 48.7 Å². The maximum absolute atomic E-state index is 12.3. The van der Waals surface area contributed by atoms with Crippen LogP contribution in [0.25, 0.3) is 0 Å². The van der Waals surface area contributed by atoms with Gasteiger partial charge in [-0.15, -0.1) is 0 Å². The smallest absolute Gasteiger partial charge is 0.269 e. The molecule has 148 valence electrons. The van der Waals surface area contributed by atoms with Crippen molar-refractivity contribution in [3.8, 4) is 0 Å². The lowest BCUT2D eigenvalue weighted by molar-refractivity contribution is 0.0853. The molecule has 2 fully saturated rings. The van der Waals surface area contributed by atoms with Gasteiger partial charge in [0.15, 0.2) is 0 Å². The second-order valence-electron chi connectivity index (χ2n) is 7.87. The Morgan fingerprint density at radius 2 is 1.93 bits per heavy atom. The summed E-state index contributed by atoms with van der Waals surface area (Å²) in [5, 5.41) is 2.93. The predicted molar refractivity (Wildman–Crippen MR) is 111 cm³/mol. The number of hydrogen-bond donors (Lipinski definition) is 1. The second kappa shape index (κ2) is 9.20. The van der Waals surface area contributed by atoms with E-state index in [1.54, 1.807) is 0 Å². The first-order valence-corrected chi connectivity index (χ1v) is 10.4. The molecule has 3 heterocycles. The molecule has 1 aromatic carbocycles. The van der Waals surface area contributed by atoms with Crippen molar-refractivity contribution in [2.24, 2.45) is 5.92 Å². The number of carbonyl (C=O) groups excluding carboxylic acids is 1. The van der Waals surface area contributed by atoms with Gasteiger partial charge in [0.05, 0.1) is 18.0 Å². The summed E-state index contributed by atoms with van der Waals surface area (Å²) in [7, 11) is 0. The number of pyridine rings is 1. The van der Waals surface area contributed by atoms with Crippen molar-refractivity contribution in [3.63, 3.8) is 0 Å². The van der Waals surface area contributed by atoms with Gasteiger partial charge in [0.1, 0.15) is 5.69 Å². The quantitative estimate of drug-likeness (QED) is 0.835. The lowest BCUT2D eigenvalue weighted by atomic mass is 9.90. The van der Waals surface area contributed by atoms with Gasteiger partial charge in [0.25, 0.3) is 5.91 Å². The maximum atomic E-state index is 12.3. The fourth-order valence-corrected chi connectivity index (χ4v) is 4.15. The van der Waals surface area contributed by atoms with Crippen LogP contribution in [-0.4, -0.2) is 43.2 Å². The SMILES string of the molecule is O=C(NCC1CCCO1)c1ccc(N2CCC(Cc3ccccc3)CC2)cn1. The summed E-state index contributed by atoms with van der Waals surface area (Å²) in [6, 6.07) is 14.6. The molecule has 0 saturated carbocycles. The summed E-state index contributed by atoms with van der Waals surface area (Å²) in [6.45, 7) is 3.46. The number of benzene rings is 1. The van der Waals surface area contributed by atoms with Crippen molar-refractivity contribution < 1.29 is 9.53 Å². The number of rotatable bonds is 6. The van der Waals surface area contributed by atoms with Crippen molar-refractivity contribution in [3.05, 3.63) is 59.9 Å². The third kappa shape index (κ3) is 4.90. The van der Waals surface area contributed by atoms with Crippen LogP contribution in [-0.2, 0) is 11.2 Å². The highest BCUT2D eigenvalue weighted by Gasteiger charge is 2.21. The lowest BCUT2D eigenvalue weighted by Crippen LogP contribution is -2.34. The molecular weight excluding hydrogens is 350 g/mol. The van der Waals surface area contributed by atoms with Crippen LogP contribution in [0.4, 0.5) is 5.69 Å². The molecule has 5 heteroatoms. The molecule has 1 amide bonds. The van der Waals surface area contributed by atoms with E-state index in [-0.39, 0.29) is 12.0 Å². The first-order chi connectivity index (χ1) is 13.8. The molecule has 1 unspecified atom stereocenters. The molecule has 2 aromatic rings. The Bertz CT molecular complexity index is 749. The zero-order valence-corrected chi connectivity index (χ0v) is 16.3. The normalized spacial score (nSPS) is 20.3. The summed E-state index contributed by atoms with van der Waals surface area (Å²) >= 11 is 0. The van der Waals surface area contributed by atoms with E-state index < -0.39 is 0 Å². The Balaban J connectivity index is 1.25. The van der Waals surface area contributed by atoms with Gasteiger partial charge in [-0.25, -0.2) is 4.98 Å². The molecule has 1 N–H and O–H groups in total. The summed E-state index contributed by atoms with van der Waals surface area (Å²) < 4.78 is 5.54. The number of aromatic nitrogens is 1. The van der Waals surface area contributed by atoms with E-state index >= 15 is 0 Å². The van der Waals surface area contributed by atoms with Gasteiger partial charge in [-0.2, -0.15) is 0 Å². The number of piperidine rings is 1. The van der Waals surface area contributed by atoms with Crippen LogP contribution < -0.4 is 10.2 Å². The minimum absolute atomic E-state index is 0.122. The fraction of sp³-hybridized carbons (Fsp3) is 0.478. The van der Waals surface area contributed by atoms with Gasteiger partial charge in [-0.05, 0) is 55.7 Å². The molecule has 28 heavy (non-hydrogen) atoms. The van der Waals surface area contributed by atoms with Gasteiger partial charge in [0, 0.05) is 26.2 Å². The van der Waals surface area contributed by atoms with Crippen molar-refractivity contribution in [1.29, 1.82) is 0 Å². The number of carbonyl (C=O) groups is 1. The molecule has 0 radical (unpaired) electrons. The van der Waals surface area contributed by atoms with Crippen molar-refractivity contribution in [1.82, 2.24) is 10.3 Å². The number of nitrogens with one attached hydrogen (secondary N) is 1. The van der Waals surface area contributed by atoms with Crippen molar-refractivity contribution >= 4 is 11.6 Å². The Kier molecular flexibility index (Phi) is 6.22. The third-order valence-electron chi connectivity index (χ3n) is 5.84. The summed E-state index contributed by atoms with van der Waals surface area (Å²) in [6.07, 6.45) is 7.63. The number of amides is 1. The summed E-state index contributed by atoms with van der Waals surface area (Å²) in [5.74, 6) is 0.623. The fourth-order valence-electron chi connectivity index (χ4n) is 4.15. The van der Waals surface area contributed by atoms with Gasteiger partial charge in [0.2, 0.25) is 0 Å². The number of nitrogens with zero attached hydrogens (tertiary/aromatic N) is 2. The monoisotopic (exact) mass is 379 g/mol. The van der Waals surface area contributed by atoms with Gasteiger partial charge >= 0.3 is 0 Å². The van der Waals surface area contributed by atoms with Gasteiger partial charge in [-0.1, -0.05) is 30.3 Å². The molecule has 2 aliphatic rings. The van der Waals surface area contributed by atoms with E-state index in [1.165, 1.54) is 18.4 Å². The molecule has 0 aliphatic carbocycles. The van der Waals surface area contributed by atoms with Crippen LogP contribution >= 0.6 is 0 Å². The van der Waals surface area contributed by atoms with E-state index in [1.807, 2.05) is 18.3 Å². The molecule has 5 nitrogen and oxygen atoms in total. The van der Waals surface area contributed by atoms with E-state index in [4.69, 9.17) is 4.74 Å². The number of ether oxygens (including phenoxy) is 1.